The van der Waals surface area contributed by atoms with Gasteiger partial charge in [0.1, 0.15) is 0 Å². The Balaban J connectivity index is 1.88. The molecule has 0 aliphatic carbocycles. The second-order valence-electron chi connectivity index (χ2n) is 4.55. The summed E-state index contributed by atoms with van der Waals surface area (Å²) in [5.41, 5.74) is 3.44. The Morgan fingerprint density at radius 3 is 2.74 bits per heavy atom. The van der Waals surface area contributed by atoms with Crippen molar-refractivity contribution in [2.45, 2.75) is 13.0 Å². The molecule has 0 amide bonds. The Hall–Kier alpha value is -1.56. The third-order valence-electron chi connectivity index (χ3n) is 3.23. The van der Waals surface area contributed by atoms with Crippen molar-refractivity contribution >= 4 is 39.2 Å². The fraction of sp³-hybridized carbons (Fsp3) is 0.133. The minimum atomic E-state index is 0.262. The highest BCUT2D eigenvalue weighted by Crippen LogP contribution is 2.26. The quantitative estimate of drug-likeness (QED) is 0.680. The van der Waals surface area contributed by atoms with E-state index in [1.807, 2.05) is 18.3 Å². The highest BCUT2D eigenvalue weighted by Gasteiger charge is 2.08. The van der Waals surface area contributed by atoms with Gasteiger partial charge in [0.15, 0.2) is 0 Å². The molecule has 0 aliphatic rings. The van der Waals surface area contributed by atoms with Gasteiger partial charge in [-0.2, -0.15) is 5.10 Å². The van der Waals surface area contributed by atoms with Crippen molar-refractivity contribution < 1.29 is 0 Å². The maximum absolute atomic E-state index is 4.09. The van der Waals surface area contributed by atoms with E-state index < -0.39 is 0 Å². The van der Waals surface area contributed by atoms with Gasteiger partial charge in [-0.05, 0) is 59.3 Å². The molecule has 0 saturated heterocycles. The summed E-state index contributed by atoms with van der Waals surface area (Å²) in [5, 5.41) is 11.7. The van der Waals surface area contributed by atoms with Gasteiger partial charge in [0.05, 0.1) is 11.7 Å². The zero-order valence-electron chi connectivity index (χ0n) is 10.5. The first-order chi connectivity index (χ1) is 9.24. The summed E-state index contributed by atoms with van der Waals surface area (Å²) in [6.07, 6.45) is 1.86. The molecule has 1 heterocycles. The lowest BCUT2D eigenvalue weighted by atomic mass is 10.1. The molecule has 0 bridgehead atoms. The number of benzene rings is 2. The van der Waals surface area contributed by atoms with Crippen molar-refractivity contribution in [1.29, 1.82) is 0 Å². The molecule has 19 heavy (non-hydrogen) atoms. The summed E-state index contributed by atoms with van der Waals surface area (Å²) in [7, 11) is 0. The van der Waals surface area contributed by atoms with Crippen LogP contribution in [0.3, 0.4) is 0 Å². The number of hydrogen-bond donors (Lipinski definition) is 2. The lowest BCUT2D eigenvalue weighted by molar-refractivity contribution is 0.886. The number of hydrogen-bond acceptors (Lipinski definition) is 2. The SMILES string of the molecule is CC(Nc1cccc2[nH]ncc12)c1ccc(I)cc1. The standard InChI is InChI=1S/C15H14IN3/c1-10(11-5-7-12(16)8-6-11)18-14-3-2-4-15-13(14)9-17-19-15/h2-10,18H,1H3,(H,17,19). The van der Waals surface area contributed by atoms with Crippen LogP contribution in [0.4, 0.5) is 5.69 Å². The third-order valence-corrected chi connectivity index (χ3v) is 3.95. The van der Waals surface area contributed by atoms with E-state index in [0.29, 0.717) is 0 Å². The molecule has 4 heteroatoms. The second-order valence-corrected chi connectivity index (χ2v) is 5.80. The number of anilines is 1. The number of fused-ring (bicyclic) bond motifs is 1. The van der Waals surface area contributed by atoms with Gasteiger partial charge in [-0.25, -0.2) is 0 Å². The molecule has 0 aliphatic heterocycles. The van der Waals surface area contributed by atoms with E-state index in [9.17, 15) is 0 Å². The van der Waals surface area contributed by atoms with Crippen LogP contribution in [0.25, 0.3) is 10.9 Å². The Kier molecular flexibility index (Phi) is 3.42. The largest absolute Gasteiger partial charge is 0.378 e. The van der Waals surface area contributed by atoms with Gasteiger partial charge < -0.3 is 5.32 Å². The number of aromatic nitrogens is 2. The zero-order chi connectivity index (χ0) is 13.2. The Morgan fingerprint density at radius 1 is 1.16 bits per heavy atom. The van der Waals surface area contributed by atoms with Crippen LogP contribution >= 0.6 is 22.6 Å². The van der Waals surface area contributed by atoms with Crippen LogP contribution in [0, 0.1) is 3.57 Å². The first-order valence-corrected chi connectivity index (χ1v) is 7.26. The van der Waals surface area contributed by atoms with E-state index >= 15 is 0 Å². The van der Waals surface area contributed by atoms with Crippen LogP contribution < -0.4 is 5.32 Å². The van der Waals surface area contributed by atoms with Crippen LogP contribution in [-0.4, -0.2) is 10.2 Å². The average molecular weight is 363 g/mol. The zero-order valence-corrected chi connectivity index (χ0v) is 12.7. The van der Waals surface area contributed by atoms with Gasteiger partial charge >= 0.3 is 0 Å². The summed E-state index contributed by atoms with van der Waals surface area (Å²) in [6.45, 7) is 2.17. The fourth-order valence-electron chi connectivity index (χ4n) is 2.16. The maximum Gasteiger partial charge on any atom is 0.0671 e. The molecule has 0 radical (unpaired) electrons. The molecule has 0 fully saturated rings. The highest BCUT2D eigenvalue weighted by molar-refractivity contribution is 14.1. The summed E-state index contributed by atoms with van der Waals surface area (Å²) >= 11 is 2.32. The molecule has 0 spiro atoms. The molecule has 0 saturated carbocycles. The number of H-pyrrole nitrogens is 1. The molecule has 3 nitrogen and oxygen atoms in total. The Bertz CT molecular complexity index is 688. The number of nitrogens with one attached hydrogen (secondary N) is 2. The third kappa shape index (κ3) is 2.58. The predicted molar refractivity (Wildman–Crippen MR) is 87.3 cm³/mol. The molecule has 1 aromatic heterocycles. The van der Waals surface area contributed by atoms with Gasteiger partial charge in [-0.3, -0.25) is 5.10 Å². The normalized spacial score (nSPS) is 12.5. The molecule has 2 aromatic carbocycles. The topological polar surface area (TPSA) is 40.7 Å². The lowest BCUT2D eigenvalue weighted by Crippen LogP contribution is -2.06. The van der Waals surface area contributed by atoms with Crippen molar-refractivity contribution in [2.24, 2.45) is 0 Å². The van der Waals surface area contributed by atoms with Crippen molar-refractivity contribution in [3.8, 4) is 0 Å². The number of nitrogens with zero attached hydrogens (tertiary/aromatic N) is 1. The van der Waals surface area contributed by atoms with E-state index in [1.54, 1.807) is 0 Å². The molecule has 96 valence electrons. The predicted octanol–water partition coefficient (Wildman–Crippen LogP) is 4.34. The lowest BCUT2D eigenvalue weighted by Gasteiger charge is -2.16. The van der Waals surface area contributed by atoms with Crippen LogP contribution in [0.2, 0.25) is 0 Å². The average Bonchev–Trinajstić information content (AvgIpc) is 2.89. The molecular weight excluding hydrogens is 349 g/mol. The number of aromatic amines is 1. The van der Waals surface area contributed by atoms with Gasteiger partial charge in [0.25, 0.3) is 0 Å². The van der Waals surface area contributed by atoms with Crippen molar-refractivity contribution in [1.82, 2.24) is 10.2 Å². The number of halogens is 1. The van der Waals surface area contributed by atoms with Gasteiger partial charge in [-0.15, -0.1) is 0 Å². The minimum absolute atomic E-state index is 0.262. The first kappa shape index (κ1) is 12.5. The number of rotatable bonds is 3. The Morgan fingerprint density at radius 2 is 1.95 bits per heavy atom. The molecule has 3 aromatic rings. The Labute approximate surface area is 125 Å². The van der Waals surface area contributed by atoms with Crippen LogP contribution in [0.15, 0.2) is 48.7 Å². The van der Waals surface area contributed by atoms with E-state index in [2.05, 4.69) is 75.4 Å². The second kappa shape index (κ2) is 5.21. The monoisotopic (exact) mass is 363 g/mol. The van der Waals surface area contributed by atoms with Crippen LogP contribution in [-0.2, 0) is 0 Å². The first-order valence-electron chi connectivity index (χ1n) is 6.18. The highest BCUT2D eigenvalue weighted by atomic mass is 127. The van der Waals surface area contributed by atoms with Crippen LogP contribution in [0.5, 0.6) is 0 Å². The van der Waals surface area contributed by atoms with Gasteiger partial charge in [0, 0.05) is 20.7 Å². The van der Waals surface area contributed by atoms with Gasteiger partial charge in [0.2, 0.25) is 0 Å². The fourth-order valence-corrected chi connectivity index (χ4v) is 2.52. The van der Waals surface area contributed by atoms with E-state index in [0.717, 1.165) is 16.6 Å². The maximum atomic E-state index is 4.09. The van der Waals surface area contributed by atoms with Crippen molar-refractivity contribution in [2.75, 3.05) is 5.32 Å². The van der Waals surface area contributed by atoms with E-state index in [1.165, 1.54) is 9.13 Å². The van der Waals surface area contributed by atoms with E-state index in [4.69, 9.17) is 0 Å². The summed E-state index contributed by atoms with van der Waals surface area (Å²) in [4.78, 5) is 0. The van der Waals surface area contributed by atoms with Crippen LogP contribution in [0.1, 0.15) is 18.5 Å². The van der Waals surface area contributed by atoms with Gasteiger partial charge in [-0.1, -0.05) is 18.2 Å². The smallest absolute Gasteiger partial charge is 0.0671 e. The van der Waals surface area contributed by atoms with Crippen molar-refractivity contribution in [3.05, 3.63) is 57.8 Å². The summed E-state index contributed by atoms with van der Waals surface area (Å²) in [5.74, 6) is 0. The molecule has 3 rings (SSSR count). The molecule has 2 N–H and O–H groups in total. The summed E-state index contributed by atoms with van der Waals surface area (Å²) < 4.78 is 1.26. The summed E-state index contributed by atoms with van der Waals surface area (Å²) in [6, 6.07) is 15.0. The molecular formula is C15H14IN3. The minimum Gasteiger partial charge on any atom is -0.378 e. The molecule has 1 atom stereocenters. The molecule has 1 unspecified atom stereocenters. The van der Waals surface area contributed by atoms with E-state index in [-0.39, 0.29) is 6.04 Å². The van der Waals surface area contributed by atoms with Crippen molar-refractivity contribution in [3.63, 3.8) is 0 Å².